The minimum atomic E-state index is -3.64. The zero-order valence-electron chi connectivity index (χ0n) is 17.5. The summed E-state index contributed by atoms with van der Waals surface area (Å²) >= 11 is 6.12. The molecule has 1 aromatic heterocycles. The summed E-state index contributed by atoms with van der Waals surface area (Å²) in [6, 6.07) is 11.7. The van der Waals surface area contributed by atoms with E-state index in [2.05, 4.69) is 5.32 Å². The second-order valence-corrected chi connectivity index (χ2v) is 10.4. The van der Waals surface area contributed by atoms with Crippen molar-refractivity contribution in [2.45, 2.75) is 50.0 Å². The van der Waals surface area contributed by atoms with Gasteiger partial charge in [-0.05, 0) is 50.1 Å². The molecule has 1 fully saturated rings. The number of anilines is 1. The van der Waals surface area contributed by atoms with Crippen molar-refractivity contribution in [2.75, 3.05) is 12.4 Å². The Balaban J connectivity index is 1.65. The van der Waals surface area contributed by atoms with Crippen LogP contribution in [0.15, 0.2) is 51.8 Å². The zero-order valence-corrected chi connectivity index (χ0v) is 19.1. The Morgan fingerprint density at radius 2 is 1.84 bits per heavy atom. The Kier molecular flexibility index (Phi) is 6.10. The number of para-hydroxylation sites is 1. The molecule has 0 saturated heterocycles. The maximum absolute atomic E-state index is 13.2. The monoisotopic (exact) mass is 460 g/mol. The molecule has 1 N–H and O–H groups in total. The maximum atomic E-state index is 13.2. The largest absolute Gasteiger partial charge is 0.451 e. The number of carbonyl (C=O) groups is 1. The number of nitrogens with zero attached hydrogens (tertiary/aromatic N) is 1. The first-order valence-electron chi connectivity index (χ1n) is 10.4. The van der Waals surface area contributed by atoms with Crippen LogP contribution in [-0.2, 0) is 10.0 Å². The molecule has 1 amide bonds. The third kappa shape index (κ3) is 4.22. The highest BCUT2D eigenvalue weighted by molar-refractivity contribution is 7.89. The molecule has 164 valence electrons. The highest BCUT2D eigenvalue weighted by atomic mass is 35.5. The lowest BCUT2D eigenvalue weighted by Crippen LogP contribution is -2.38. The molecule has 1 saturated carbocycles. The van der Waals surface area contributed by atoms with E-state index in [1.54, 1.807) is 50.4 Å². The van der Waals surface area contributed by atoms with Crippen molar-refractivity contribution in [3.8, 4) is 0 Å². The summed E-state index contributed by atoms with van der Waals surface area (Å²) in [5, 5.41) is 3.76. The van der Waals surface area contributed by atoms with E-state index in [4.69, 9.17) is 16.0 Å². The number of halogens is 1. The van der Waals surface area contributed by atoms with Gasteiger partial charge in [0.15, 0.2) is 5.76 Å². The van der Waals surface area contributed by atoms with E-state index in [9.17, 15) is 13.2 Å². The summed E-state index contributed by atoms with van der Waals surface area (Å²) in [7, 11) is -1.99. The first-order chi connectivity index (χ1) is 14.8. The molecule has 1 aliphatic rings. The number of furan rings is 1. The van der Waals surface area contributed by atoms with Crippen LogP contribution in [0.4, 0.5) is 5.69 Å². The molecule has 1 aliphatic carbocycles. The van der Waals surface area contributed by atoms with Gasteiger partial charge >= 0.3 is 0 Å². The number of hydrogen-bond acceptors (Lipinski definition) is 4. The number of nitrogens with one attached hydrogen (secondary N) is 1. The van der Waals surface area contributed by atoms with Crippen molar-refractivity contribution >= 4 is 44.2 Å². The van der Waals surface area contributed by atoms with Crippen LogP contribution < -0.4 is 5.32 Å². The van der Waals surface area contributed by atoms with Gasteiger partial charge in [-0.15, -0.1) is 0 Å². The van der Waals surface area contributed by atoms with Crippen LogP contribution in [0, 0.1) is 6.92 Å². The highest BCUT2D eigenvalue weighted by Gasteiger charge is 2.30. The summed E-state index contributed by atoms with van der Waals surface area (Å²) in [5.41, 5.74) is 1.52. The molecule has 2 aromatic carbocycles. The van der Waals surface area contributed by atoms with Crippen molar-refractivity contribution in [3.05, 3.63) is 58.8 Å². The standard InChI is InChI=1S/C23H25ClN2O4S/c1-15-18-14-17(31(28,29)26(2)16-8-4-3-5-9-16)12-13-21(18)30-22(15)23(27)25-20-11-7-6-10-19(20)24/h6-7,10-14,16H,3-5,8-9H2,1-2H3,(H,25,27). The van der Waals surface area contributed by atoms with E-state index in [-0.39, 0.29) is 16.7 Å². The van der Waals surface area contributed by atoms with Gasteiger partial charge in [-0.3, -0.25) is 4.79 Å². The van der Waals surface area contributed by atoms with E-state index in [0.29, 0.717) is 27.2 Å². The number of fused-ring (bicyclic) bond motifs is 1. The molecule has 6 nitrogen and oxygen atoms in total. The van der Waals surface area contributed by atoms with Gasteiger partial charge in [0.05, 0.1) is 15.6 Å². The minimum Gasteiger partial charge on any atom is -0.451 e. The molecule has 3 aromatic rings. The van der Waals surface area contributed by atoms with Crippen LogP contribution >= 0.6 is 11.6 Å². The zero-order chi connectivity index (χ0) is 22.2. The van der Waals surface area contributed by atoms with Crippen molar-refractivity contribution in [1.82, 2.24) is 4.31 Å². The number of rotatable bonds is 5. The van der Waals surface area contributed by atoms with E-state index in [0.717, 1.165) is 32.1 Å². The third-order valence-electron chi connectivity index (χ3n) is 6.00. The van der Waals surface area contributed by atoms with E-state index >= 15 is 0 Å². The Hall–Kier alpha value is -2.35. The number of amides is 1. The summed E-state index contributed by atoms with van der Waals surface area (Å²) in [5.74, 6) is -0.310. The summed E-state index contributed by atoms with van der Waals surface area (Å²) in [6.45, 7) is 1.74. The van der Waals surface area contributed by atoms with Crippen molar-refractivity contribution in [3.63, 3.8) is 0 Å². The molecule has 31 heavy (non-hydrogen) atoms. The lowest BCUT2D eigenvalue weighted by molar-refractivity contribution is 0.0998. The first-order valence-corrected chi connectivity index (χ1v) is 12.2. The molecule has 0 atom stereocenters. The predicted octanol–water partition coefficient (Wildman–Crippen LogP) is 5.60. The van der Waals surface area contributed by atoms with Gasteiger partial charge in [0, 0.05) is 24.0 Å². The van der Waals surface area contributed by atoms with Crippen LogP contribution in [0.2, 0.25) is 5.02 Å². The average molecular weight is 461 g/mol. The lowest BCUT2D eigenvalue weighted by atomic mass is 9.96. The number of carbonyl (C=O) groups excluding carboxylic acids is 1. The molecule has 4 rings (SSSR count). The van der Waals surface area contributed by atoms with Crippen LogP contribution in [0.5, 0.6) is 0 Å². The van der Waals surface area contributed by atoms with Gasteiger partial charge in [0.2, 0.25) is 10.0 Å². The second kappa shape index (κ2) is 8.65. The quantitative estimate of drug-likeness (QED) is 0.537. The van der Waals surface area contributed by atoms with Gasteiger partial charge in [0.1, 0.15) is 5.58 Å². The van der Waals surface area contributed by atoms with Gasteiger partial charge in [-0.25, -0.2) is 8.42 Å². The second-order valence-electron chi connectivity index (χ2n) is 7.96. The molecule has 1 heterocycles. The van der Waals surface area contributed by atoms with Gasteiger partial charge in [-0.2, -0.15) is 4.31 Å². The summed E-state index contributed by atoms with van der Waals surface area (Å²) in [6.07, 6.45) is 5.02. The van der Waals surface area contributed by atoms with Gasteiger partial charge in [0.25, 0.3) is 5.91 Å². The van der Waals surface area contributed by atoms with E-state index in [1.165, 1.54) is 10.4 Å². The lowest BCUT2D eigenvalue weighted by Gasteiger charge is -2.30. The van der Waals surface area contributed by atoms with Gasteiger partial charge in [-0.1, -0.05) is 43.0 Å². The maximum Gasteiger partial charge on any atom is 0.291 e. The predicted molar refractivity (Wildman–Crippen MR) is 122 cm³/mol. The number of sulfonamides is 1. The summed E-state index contributed by atoms with van der Waals surface area (Å²) in [4.78, 5) is 13.0. The normalized spacial score (nSPS) is 15.5. The number of hydrogen-bond donors (Lipinski definition) is 1. The molecule has 0 spiro atoms. The SMILES string of the molecule is Cc1c(C(=O)Nc2ccccc2Cl)oc2ccc(S(=O)(=O)N(C)C3CCCCC3)cc12. The van der Waals surface area contributed by atoms with E-state index in [1.807, 2.05) is 0 Å². The fraction of sp³-hybridized carbons (Fsp3) is 0.348. The molecular weight excluding hydrogens is 436 g/mol. The van der Waals surface area contributed by atoms with Crippen molar-refractivity contribution in [2.24, 2.45) is 0 Å². The highest BCUT2D eigenvalue weighted by Crippen LogP contribution is 2.32. The number of benzene rings is 2. The number of aryl methyl sites for hydroxylation is 1. The summed E-state index contributed by atoms with van der Waals surface area (Å²) < 4.78 is 33.7. The Bertz CT molecular complexity index is 1230. The van der Waals surface area contributed by atoms with Crippen LogP contribution in [-0.4, -0.2) is 31.7 Å². The van der Waals surface area contributed by atoms with Crippen LogP contribution in [0.3, 0.4) is 0 Å². The molecule has 8 heteroatoms. The third-order valence-corrected chi connectivity index (χ3v) is 8.24. The molecule has 0 unspecified atom stereocenters. The minimum absolute atomic E-state index is 0.0249. The molecular formula is C23H25ClN2O4S. The van der Waals surface area contributed by atoms with Crippen LogP contribution in [0.25, 0.3) is 11.0 Å². The van der Waals surface area contributed by atoms with Crippen molar-refractivity contribution < 1.29 is 17.6 Å². The molecule has 0 aliphatic heterocycles. The Morgan fingerprint density at radius 3 is 2.55 bits per heavy atom. The smallest absolute Gasteiger partial charge is 0.291 e. The Morgan fingerprint density at radius 1 is 1.13 bits per heavy atom. The molecule has 0 radical (unpaired) electrons. The average Bonchev–Trinajstić information content (AvgIpc) is 3.11. The van der Waals surface area contributed by atoms with E-state index < -0.39 is 15.9 Å². The van der Waals surface area contributed by atoms with Crippen molar-refractivity contribution in [1.29, 1.82) is 0 Å². The first kappa shape index (κ1) is 21.9. The van der Waals surface area contributed by atoms with Gasteiger partial charge < -0.3 is 9.73 Å². The van der Waals surface area contributed by atoms with Crippen LogP contribution in [0.1, 0.15) is 48.2 Å². The molecule has 0 bridgehead atoms. The fourth-order valence-corrected chi connectivity index (χ4v) is 5.75. The fourth-order valence-electron chi connectivity index (χ4n) is 4.13. The topological polar surface area (TPSA) is 79.6 Å². The Labute approximate surface area is 187 Å².